The summed E-state index contributed by atoms with van der Waals surface area (Å²) in [5.41, 5.74) is 6.40. The molecule has 3 N–H and O–H groups in total. The number of nitrogens with zero attached hydrogens (tertiary/aromatic N) is 1. The number of fused-ring (bicyclic) bond motifs is 1. The number of benzene rings is 2. The molecule has 0 aromatic heterocycles. The Morgan fingerprint density at radius 3 is 2.90 bits per heavy atom. The van der Waals surface area contributed by atoms with Gasteiger partial charge in [0.2, 0.25) is 0 Å². The fraction of sp³-hybridized carbons (Fsp3) is 0.375. The third-order valence-corrected chi connectivity index (χ3v) is 5.62. The first-order valence-corrected chi connectivity index (χ1v) is 10.4. The van der Waals surface area contributed by atoms with Gasteiger partial charge in [-0.15, -0.1) is 0 Å². The SMILES string of the molecule is COc1cccc(CCN(CCCO)C2CCc3cc(C=CC(=O)NO)ccc32)c1. The van der Waals surface area contributed by atoms with Crippen molar-refractivity contribution in [3.05, 3.63) is 70.8 Å². The van der Waals surface area contributed by atoms with Crippen molar-refractivity contribution in [3.63, 3.8) is 0 Å². The number of hydrogen-bond donors (Lipinski definition) is 3. The molecule has 0 fully saturated rings. The first-order valence-electron chi connectivity index (χ1n) is 10.4. The van der Waals surface area contributed by atoms with Gasteiger partial charge in [0.15, 0.2) is 0 Å². The smallest absolute Gasteiger partial charge is 0.267 e. The number of nitrogens with one attached hydrogen (secondary N) is 1. The van der Waals surface area contributed by atoms with Crippen molar-refractivity contribution in [2.45, 2.75) is 31.7 Å². The third-order valence-electron chi connectivity index (χ3n) is 5.62. The second kappa shape index (κ2) is 10.9. The van der Waals surface area contributed by atoms with E-state index in [0.717, 1.165) is 50.1 Å². The van der Waals surface area contributed by atoms with Crippen molar-refractivity contribution < 1.29 is 19.8 Å². The highest BCUT2D eigenvalue weighted by molar-refractivity contribution is 5.90. The zero-order chi connectivity index (χ0) is 21.3. The quantitative estimate of drug-likeness (QED) is 0.319. The number of aryl methyl sites for hydroxylation is 1. The molecule has 6 heteroatoms. The summed E-state index contributed by atoms with van der Waals surface area (Å²) in [7, 11) is 1.68. The van der Waals surface area contributed by atoms with Crippen molar-refractivity contribution >= 4 is 12.0 Å². The number of rotatable bonds is 10. The molecule has 0 radical (unpaired) electrons. The van der Waals surface area contributed by atoms with E-state index in [9.17, 15) is 9.90 Å². The number of aliphatic hydroxyl groups excluding tert-OH is 1. The predicted octanol–water partition coefficient (Wildman–Crippen LogP) is 3.13. The number of carbonyl (C=O) groups is 1. The Kier molecular flexibility index (Phi) is 8.02. The molecule has 0 heterocycles. The lowest BCUT2D eigenvalue weighted by molar-refractivity contribution is -0.124. The molecule has 1 aliphatic rings. The number of aliphatic hydroxyl groups is 1. The Labute approximate surface area is 177 Å². The molecule has 160 valence electrons. The molecule has 0 aliphatic heterocycles. The van der Waals surface area contributed by atoms with Crippen LogP contribution in [-0.2, 0) is 17.6 Å². The van der Waals surface area contributed by atoms with Crippen molar-refractivity contribution in [1.29, 1.82) is 0 Å². The van der Waals surface area contributed by atoms with E-state index in [1.165, 1.54) is 22.8 Å². The minimum Gasteiger partial charge on any atom is -0.497 e. The molecule has 1 aliphatic carbocycles. The maximum Gasteiger partial charge on any atom is 0.267 e. The lowest BCUT2D eigenvalue weighted by Gasteiger charge is -2.29. The van der Waals surface area contributed by atoms with Crippen LogP contribution < -0.4 is 10.2 Å². The Morgan fingerprint density at radius 2 is 2.13 bits per heavy atom. The molecule has 3 rings (SSSR count). The maximum absolute atomic E-state index is 11.2. The molecular formula is C24H30N2O4. The van der Waals surface area contributed by atoms with Gasteiger partial charge < -0.3 is 9.84 Å². The van der Waals surface area contributed by atoms with Crippen molar-refractivity contribution in [3.8, 4) is 5.75 Å². The molecule has 1 amide bonds. The van der Waals surface area contributed by atoms with Gasteiger partial charge in [-0.3, -0.25) is 14.9 Å². The number of hydrogen-bond acceptors (Lipinski definition) is 5. The first kappa shape index (κ1) is 22.0. The van der Waals surface area contributed by atoms with Crippen LogP contribution in [0.15, 0.2) is 48.5 Å². The fourth-order valence-corrected chi connectivity index (χ4v) is 4.11. The highest BCUT2D eigenvalue weighted by Gasteiger charge is 2.27. The van der Waals surface area contributed by atoms with Gasteiger partial charge in [-0.1, -0.05) is 30.3 Å². The van der Waals surface area contributed by atoms with Gasteiger partial charge in [0, 0.05) is 31.8 Å². The standard InChI is InChI=1S/C24H30N2O4/c1-30-21-5-2-4-18(17-21)12-14-26(13-3-15-27)23-10-8-20-16-19(6-9-22(20)23)7-11-24(28)25-29/h2,4-7,9,11,16-17,23,27,29H,3,8,10,12-15H2,1H3,(H,25,28). The van der Waals surface area contributed by atoms with Crippen LogP contribution in [0, 0.1) is 0 Å². The van der Waals surface area contributed by atoms with Gasteiger partial charge in [-0.05, 0) is 66.1 Å². The maximum atomic E-state index is 11.2. The van der Waals surface area contributed by atoms with E-state index in [1.807, 2.05) is 18.2 Å². The number of hydroxylamine groups is 1. The van der Waals surface area contributed by atoms with E-state index in [-0.39, 0.29) is 6.61 Å². The predicted molar refractivity (Wildman–Crippen MR) is 116 cm³/mol. The van der Waals surface area contributed by atoms with Gasteiger partial charge >= 0.3 is 0 Å². The van der Waals surface area contributed by atoms with E-state index in [1.54, 1.807) is 18.7 Å². The normalized spacial score (nSPS) is 15.5. The largest absolute Gasteiger partial charge is 0.497 e. The van der Waals surface area contributed by atoms with Crippen LogP contribution in [0.4, 0.5) is 0 Å². The molecule has 30 heavy (non-hydrogen) atoms. The minimum atomic E-state index is -0.541. The molecule has 1 atom stereocenters. The molecule has 2 aromatic carbocycles. The van der Waals surface area contributed by atoms with Gasteiger partial charge in [0.05, 0.1) is 7.11 Å². The Balaban J connectivity index is 1.72. The number of carbonyl (C=O) groups excluding carboxylic acids is 1. The van der Waals surface area contributed by atoms with Crippen LogP contribution in [0.2, 0.25) is 0 Å². The highest BCUT2D eigenvalue weighted by atomic mass is 16.5. The van der Waals surface area contributed by atoms with Crippen LogP contribution >= 0.6 is 0 Å². The van der Waals surface area contributed by atoms with E-state index >= 15 is 0 Å². The molecule has 0 saturated carbocycles. The first-order chi connectivity index (χ1) is 14.6. The fourth-order valence-electron chi connectivity index (χ4n) is 4.11. The molecule has 0 bridgehead atoms. The minimum absolute atomic E-state index is 0.186. The van der Waals surface area contributed by atoms with Gasteiger partial charge in [0.1, 0.15) is 5.75 Å². The van der Waals surface area contributed by atoms with E-state index in [0.29, 0.717) is 6.04 Å². The molecular weight excluding hydrogens is 380 g/mol. The summed E-state index contributed by atoms with van der Waals surface area (Å²) < 4.78 is 5.33. The summed E-state index contributed by atoms with van der Waals surface area (Å²) in [6.45, 7) is 1.95. The molecule has 1 unspecified atom stereocenters. The van der Waals surface area contributed by atoms with Crippen LogP contribution in [0.25, 0.3) is 6.08 Å². The van der Waals surface area contributed by atoms with Crippen molar-refractivity contribution in [2.75, 3.05) is 26.8 Å². The van der Waals surface area contributed by atoms with E-state index in [4.69, 9.17) is 9.94 Å². The lowest BCUT2D eigenvalue weighted by atomic mass is 10.0. The Morgan fingerprint density at radius 1 is 1.27 bits per heavy atom. The van der Waals surface area contributed by atoms with Crippen molar-refractivity contribution in [1.82, 2.24) is 10.4 Å². The molecule has 2 aromatic rings. The molecule has 6 nitrogen and oxygen atoms in total. The summed E-state index contributed by atoms with van der Waals surface area (Å²) in [6, 6.07) is 14.8. The summed E-state index contributed by atoms with van der Waals surface area (Å²) in [5, 5.41) is 18.0. The zero-order valence-electron chi connectivity index (χ0n) is 17.4. The number of methoxy groups -OCH3 is 1. The Hall–Kier alpha value is -2.67. The van der Waals surface area contributed by atoms with Gasteiger partial charge in [0.25, 0.3) is 5.91 Å². The third kappa shape index (κ3) is 5.69. The lowest BCUT2D eigenvalue weighted by Crippen LogP contribution is -2.31. The Bertz CT molecular complexity index is 881. The second-order valence-corrected chi connectivity index (χ2v) is 7.54. The monoisotopic (exact) mass is 410 g/mol. The van der Waals surface area contributed by atoms with E-state index < -0.39 is 5.91 Å². The number of amides is 1. The number of ether oxygens (including phenoxy) is 1. The summed E-state index contributed by atoms with van der Waals surface area (Å²) in [6.07, 6.45) is 6.72. The van der Waals surface area contributed by atoms with Crippen molar-refractivity contribution in [2.24, 2.45) is 0 Å². The summed E-state index contributed by atoms with van der Waals surface area (Å²) in [5.74, 6) is 0.331. The summed E-state index contributed by atoms with van der Waals surface area (Å²) in [4.78, 5) is 13.7. The average Bonchev–Trinajstić information content (AvgIpc) is 3.20. The molecule has 0 saturated heterocycles. The topological polar surface area (TPSA) is 82.0 Å². The van der Waals surface area contributed by atoms with Gasteiger partial charge in [-0.25, -0.2) is 5.48 Å². The van der Waals surface area contributed by atoms with Crippen LogP contribution in [-0.4, -0.2) is 47.9 Å². The zero-order valence-corrected chi connectivity index (χ0v) is 17.4. The summed E-state index contributed by atoms with van der Waals surface area (Å²) >= 11 is 0. The molecule has 0 spiro atoms. The average molecular weight is 411 g/mol. The van der Waals surface area contributed by atoms with Crippen LogP contribution in [0.1, 0.15) is 41.1 Å². The van der Waals surface area contributed by atoms with Crippen LogP contribution in [0.5, 0.6) is 5.75 Å². The second-order valence-electron chi connectivity index (χ2n) is 7.54. The van der Waals surface area contributed by atoms with E-state index in [2.05, 4.69) is 29.2 Å². The van der Waals surface area contributed by atoms with Crippen LogP contribution in [0.3, 0.4) is 0 Å². The highest BCUT2D eigenvalue weighted by Crippen LogP contribution is 2.36. The van der Waals surface area contributed by atoms with Gasteiger partial charge in [-0.2, -0.15) is 0 Å².